The average molecular weight is 338 g/mol. The van der Waals surface area contributed by atoms with Gasteiger partial charge in [0.15, 0.2) is 0 Å². The van der Waals surface area contributed by atoms with Crippen molar-refractivity contribution in [3.63, 3.8) is 0 Å². The monoisotopic (exact) mass is 338 g/mol. The molecule has 2 aliphatic rings. The van der Waals surface area contributed by atoms with Gasteiger partial charge in [0.2, 0.25) is 0 Å². The van der Waals surface area contributed by atoms with E-state index in [9.17, 15) is 4.79 Å². The van der Waals surface area contributed by atoms with Gasteiger partial charge in [-0.1, -0.05) is 29.8 Å². The number of hydrogen-bond acceptors (Lipinski definition) is 3. The van der Waals surface area contributed by atoms with Crippen molar-refractivity contribution < 1.29 is 4.79 Å². The molecule has 2 fully saturated rings. The van der Waals surface area contributed by atoms with E-state index in [0.29, 0.717) is 0 Å². The molecule has 25 heavy (non-hydrogen) atoms. The predicted molar refractivity (Wildman–Crippen MR) is 97.1 cm³/mol. The number of carbonyl (C=O) groups is 1. The van der Waals surface area contributed by atoms with Crippen molar-refractivity contribution >= 4 is 5.91 Å². The van der Waals surface area contributed by atoms with Crippen molar-refractivity contribution in [1.82, 2.24) is 19.6 Å². The summed E-state index contributed by atoms with van der Waals surface area (Å²) in [4.78, 5) is 17.6. The third-order valence-electron chi connectivity index (χ3n) is 5.69. The Morgan fingerprint density at radius 1 is 1.12 bits per heavy atom. The van der Waals surface area contributed by atoms with Gasteiger partial charge in [0, 0.05) is 45.1 Å². The molecular formula is C20H26N4O. The molecule has 0 saturated carbocycles. The summed E-state index contributed by atoms with van der Waals surface area (Å²) in [6.45, 7) is 6.71. The standard InChI is InChI=1S/C20H26N4O/c1-17-4-6-18(7-5-17)16-22-14-8-20(9-15-22,24-13-2-10-21-24)19(25)23-11-3-12-23/h2,4-7,10,13H,3,8-9,11-12,14-16H2,1H3. The minimum Gasteiger partial charge on any atom is -0.340 e. The van der Waals surface area contributed by atoms with E-state index < -0.39 is 5.54 Å². The Balaban J connectivity index is 1.48. The zero-order valence-corrected chi connectivity index (χ0v) is 14.9. The molecule has 2 saturated heterocycles. The smallest absolute Gasteiger partial charge is 0.250 e. The molecule has 0 N–H and O–H groups in total. The van der Waals surface area contributed by atoms with Gasteiger partial charge in [0.1, 0.15) is 5.54 Å². The number of likely N-dealkylation sites (tertiary alicyclic amines) is 2. The van der Waals surface area contributed by atoms with Gasteiger partial charge in [-0.05, 0) is 37.8 Å². The van der Waals surface area contributed by atoms with Crippen LogP contribution in [0.5, 0.6) is 0 Å². The summed E-state index contributed by atoms with van der Waals surface area (Å²) < 4.78 is 1.91. The van der Waals surface area contributed by atoms with E-state index in [1.54, 1.807) is 6.20 Å². The molecule has 2 aromatic rings. The number of aryl methyl sites for hydroxylation is 1. The molecule has 4 rings (SSSR count). The Morgan fingerprint density at radius 2 is 1.84 bits per heavy atom. The number of carbonyl (C=O) groups excluding carboxylic acids is 1. The maximum Gasteiger partial charge on any atom is 0.250 e. The quantitative estimate of drug-likeness (QED) is 0.860. The SMILES string of the molecule is Cc1ccc(CN2CCC(C(=O)N3CCC3)(n3cccn3)CC2)cc1. The van der Waals surface area contributed by atoms with Gasteiger partial charge in [-0.2, -0.15) is 5.10 Å². The highest BCUT2D eigenvalue weighted by Gasteiger charge is 2.46. The summed E-state index contributed by atoms with van der Waals surface area (Å²) in [6, 6.07) is 10.7. The predicted octanol–water partition coefficient (Wildman–Crippen LogP) is 2.42. The zero-order chi connectivity index (χ0) is 17.3. The molecule has 1 aromatic heterocycles. The van der Waals surface area contributed by atoms with Crippen molar-refractivity contribution in [2.75, 3.05) is 26.2 Å². The summed E-state index contributed by atoms with van der Waals surface area (Å²) >= 11 is 0. The molecule has 132 valence electrons. The fourth-order valence-electron chi connectivity index (χ4n) is 3.91. The summed E-state index contributed by atoms with van der Waals surface area (Å²) in [5.41, 5.74) is 2.14. The van der Waals surface area contributed by atoms with Crippen LogP contribution in [0.1, 0.15) is 30.4 Å². The Bertz CT molecular complexity index is 711. The second-order valence-corrected chi connectivity index (χ2v) is 7.39. The molecule has 0 unspecified atom stereocenters. The van der Waals surface area contributed by atoms with Crippen LogP contribution in [-0.4, -0.2) is 51.7 Å². The minimum atomic E-state index is -0.492. The normalized spacial score (nSPS) is 20.3. The number of amides is 1. The van der Waals surface area contributed by atoms with Gasteiger partial charge < -0.3 is 4.90 Å². The van der Waals surface area contributed by atoms with Gasteiger partial charge in [0.05, 0.1) is 0 Å². The second-order valence-electron chi connectivity index (χ2n) is 7.39. The highest BCUT2D eigenvalue weighted by molar-refractivity contribution is 5.85. The molecule has 0 aliphatic carbocycles. The number of hydrogen-bond donors (Lipinski definition) is 0. The maximum absolute atomic E-state index is 13.1. The summed E-state index contributed by atoms with van der Waals surface area (Å²) in [6.07, 6.45) is 6.52. The van der Waals surface area contributed by atoms with E-state index in [1.807, 2.05) is 21.8 Å². The fourth-order valence-corrected chi connectivity index (χ4v) is 3.91. The summed E-state index contributed by atoms with van der Waals surface area (Å²) in [5.74, 6) is 0.262. The molecule has 5 heteroatoms. The summed E-state index contributed by atoms with van der Waals surface area (Å²) in [7, 11) is 0. The molecule has 0 spiro atoms. The lowest BCUT2D eigenvalue weighted by molar-refractivity contribution is -0.148. The molecule has 1 aromatic carbocycles. The lowest BCUT2D eigenvalue weighted by Crippen LogP contribution is -2.59. The van der Waals surface area contributed by atoms with Crippen molar-refractivity contribution in [1.29, 1.82) is 0 Å². The maximum atomic E-state index is 13.1. The number of piperidine rings is 1. The van der Waals surface area contributed by atoms with Crippen molar-refractivity contribution in [3.8, 4) is 0 Å². The van der Waals surface area contributed by atoms with Crippen molar-refractivity contribution in [2.45, 2.75) is 38.3 Å². The van der Waals surface area contributed by atoms with Crippen LogP contribution in [0.3, 0.4) is 0 Å². The molecule has 3 heterocycles. The third-order valence-corrected chi connectivity index (χ3v) is 5.69. The first-order chi connectivity index (χ1) is 12.2. The summed E-state index contributed by atoms with van der Waals surface area (Å²) in [5, 5.41) is 4.44. The van der Waals surface area contributed by atoms with Crippen LogP contribution in [0.2, 0.25) is 0 Å². The lowest BCUT2D eigenvalue weighted by atomic mass is 9.85. The Kier molecular flexibility index (Phi) is 4.34. The van der Waals surface area contributed by atoms with E-state index in [1.165, 1.54) is 11.1 Å². The van der Waals surface area contributed by atoms with E-state index in [-0.39, 0.29) is 5.91 Å². The molecule has 0 bridgehead atoms. The van der Waals surface area contributed by atoms with E-state index in [4.69, 9.17) is 0 Å². The number of nitrogens with zero attached hydrogens (tertiary/aromatic N) is 4. The lowest BCUT2D eigenvalue weighted by Gasteiger charge is -2.45. The van der Waals surface area contributed by atoms with E-state index >= 15 is 0 Å². The number of rotatable bonds is 4. The van der Waals surface area contributed by atoms with Gasteiger partial charge in [-0.25, -0.2) is 0 Å². The van der Waals surface area contributed by atoms with Gasteiger partial charge in [-0.3, -0.25) is 14.4 Å². The van der Waals surface area contributed by atoms with Crippen LogP contribution in [0, 0.1) is 6.92 Å². The zero-order valence-electron chi connectivity index (χ0n) is 14.9. The molecular weight excluding hydrogens is 312 g/mol. The molecule has 0 radical (unpaired) electrons. The number of aromatic nitrogens is 2. The van der Waals surface area contributed by atoms with E-state index in [2.05, 4.69) is 41.2 Å². The minimum absolute atomic E-state index is 0.262. The largest absolute Gasteiger partial charge is 0.340 e. The topological polar surface area (TPSA) is 41.4 Å². The first-order valence-electron chi connectivity index (χ1n) is 9.25. The van der Waals surface area contributed by atoms with Crippen LogP contribution in [0.4, 0.5) is 0 Å². The van der Waals surface area contributed by atoms with Crippen LogP contribution in [0.15, 0.2) is 42.7 Å². The fraction of sp³-hybridized carbons (Fsp3) is 0.500. The van der Waals surface area contributed by atoms with Crippen LogP contribution in [-0.2, 0) is 16.9 Å². The Hall–Kier alpha value is -2.14. The first kappa shape index (κ1) is 16.3. The molecule has 2 aliphatic heterocycles. The Labute approximate surface area is 149 Å². The van der Waals surface area contributed by atoms with Gasteiger partial charge in [0.25, 0.3) is 5.91 Å². The first-order valence-corrected chi connectivity index (χ1v) is 9.25. The average Bonchev–Trinajstić information content (AvgIpc) is 3.11. The second kappa shape index (κ2) is 6.64. The highest BCUT2D eigenvalue weighted by Crippen LogP contribution is 2.33. The highest BCUT2D eigenvalue weighted by atomic mass is 16.2. The van der Waals surface area contributed by atoms with Crippen LogP contribution in [0.25, 0.3) is 0 Å². The van der Waals surface area contributed by atoms with Crippen LogP contribution < -0.4 is 0 Å². The molecule has 0 atom stereocenters. The van der Waals surface area contributed by atoms with Crippen LogP contribution >= 0.6 is 0 Å². The Morgan fingerprint density at radius 3 is 2.40 bits per heavy atom. The van der Waals surface area contributed by atoms with Crippen molar-refractivity contribution in [2.24, 2.45) is 0 Å². The molecule has 1 amide bonds. The van der Waals surface area contributed by atoms with Gasteiger partial charge >= 0.3 is 0 Å². The third kappa shape index (κ3) is 3.09. The van der Waals surface area contributed by atoms with E-state index in [0.717, 1.165) is 52.0 Å². The number of benzene rings is 1. The van der Waals surface area contributed by atoms with Crippen molar-refractivity contribution in [3.05, 3.63) is 53.9 Å². The van der Waals surface area contributed by atoms with Gasteiger partial charge in [-0.15, -0.1) is 0 Å². The molecule has 5 nitrogen and oxygen atoms in total.